The molecule has 0 aliphatic rings. The topological polar surface area (TPSA) is 130 Å². The summed E-state index contributed by atoms with van der Waals surface area (Å²) in [6.07, 6.45) is 0. The Bertz CT molecular complexity index is 901. The Hall–Kier alpha value is -2.50. The number of amides is 1. The molecule has 0 aromatic heterocycles. The number of nitro benzene ring substituents is 1. The van der Waals surface area contributed by atoms with Crippen LogP contribution in [0.15, 0.2) is 57.9 Å². The minimum atomic E-state index is -4.20. The molecular weight excluding hydrogens is 418 g/mol. The quantitative estimate of drug-likeness (QED) is 0.410. The second-order valence-electron chi connectivity index (χ2n) is 4.78. The number of anilines is 1. The molecule has 0 aliphatic carbocycles. The molecule has 0 radical (unpaired) electrons. The van der Waals surface area contributed by atoms with Gasteiger partial charge in [0.25, 0.3) is 21.6 Å². The first-order valence-corrected chi connectivity index (χ1v) is 8.94. The van der Waals surface area contributed by atoms with Crippen LogP contribution >= 0.6 is 15.9 Å². The van der Waals surface area contributed by atoms with Crippen molar-refractivity contribution in [3.05, 3.63) is 63.1 Å². The second-order valence-corrected chi connectivity index (χ2v) is 7.56. The molecule has 0 unspecified atom stereocenters. The van der Waals surface area contributed by atoms with E-state index in [4.69, 9.17) is 5.21 Å². The number of carbonyl (C=O) groups is 1. The van der Waals surface area contributed by atoms with Gasteiger partial charge in [-0.2, -0.15) is 0 Å². The molecule has 0 fully saturated rings. The Morgan fingerprint density at radius 2 is 1.88 bits per heavy atom. The molecule has 1 amide bonds. The maximum atomic E-state index is 12.9. The molecule has 9 nitrogen and oxygen atoms in total. The number of hydrogen-bond acceptors (Lipinski definition) is 6. The number of halogens is 1. The Kier molecular flexibility index (Phi) is 5.72. The highest BCUT2D eigenvalue weighted by atomic mass is 79.9. The van der Waals surface area contributed by atoms with Crippen molar-refractivity contribution in [2.24, 2.45) is 0 Å². The number of benzene rings is 2. The number of nitrogens with one attached hydrogen (secondary N) is 1. The fourth-order valence-corrected chi connectivity index (χ4v) is 3.65. The highest BCUT2D eigenvalue weighted by Crippen LogP contribution is 2.27. The number of nitro groups is 1. The molecule has 2 aromatic carbocycles. The molecule has 2 N–H and O–H groups in total. The zero-order valence-electron chi connectivity index (χ0n) is 12.5. The summed E-state index contributed by atoms with van der Waals surface area (Å²) in [5, 5.41) is 19.6. The average molecular weight is 430 g/mol. The summed E-state index contributed by atoms with van der Waals surface area (Å²) in [4.78, 5) is 21.7. The maximum Gasteiger partial charge on any atom is 0.271 e. The molecule has 11 heteroatoms. The van der Waals surface area contributed by atoms with Crippen LogP contribution in [0, 0.1) is 10.1 Å². The van der Waals surface area contributed by atoms with Crippen LogP contribution in [0.5, 0.6) is 0 Å². The van der Waals surface area contributed by atoms with E-state index in [0.717, 1.165) is 6.07 Å². The van der Waals surface area contributed by atoms with Crippen LogP contribution in [0.1, 0.15) is 0 Å². The van der Waals surface area contributed by atoms with Crippen molar-refractivity contribution < 1.29 is 23.3 Å². The van der Waals surface area contributed by atoms with E-state index in [-0.39, 0.29) is 16.3 Å². The van der Waals surface area contributed by atoms with Crippen LogP contribution < -0.4 is 9.79 Å². The summed E-state index contributed by atoms with van der Waals surface area (Å²) in [5.41, 5.74) is 0.931. The molecule has 132 valence electrons. The first-order chi connectivity index (χ1) is 11.8. The Morgan fingerprint density at radius 1 is 1.24 bits per heavy atom. The molecule has 0 atom stereocenters. The highest BCUT2D eigenvalue weighted by molar-refractivity contribution is 9.10. The number of non-ortho nitro benzene ring substituents is 1. The van der Waals surface area contributed by atoms with Crippen LogP contribution in [0.2, 0.25) is 0 Å². The molecule has 0 saturated heterocycles. The number of hydroxylamine groups is 1. The molecule has 0 heterocycles. The Morgan fingerprint density at radius 3 is 2.44 bits per heavy atom. The lowest BCUT2D eigenvalue weighted by atomic mass is 10.3. The third-order valence-electron chi connectivity index (χ3n) is 3.14. The van der Waals surface area contributed by atoms with E-state index in [2.05, 4.69) is 15.9 Å². The highest BCUT2D eigenvalue weighted by Gasteiger charge is 2.28. The van der Waals surface area contributed by atoms with Crippen molar-refractivity contribution in [2.45, 2.75) is 4.90 Å². The normalized spacial score (nSPS) is 11.0. The number of nitrogens with zero attached hydrogens (tertiary/aromatic N) is 2. The lowest BCUT2D eigenvalue weighted by Gasteiger charge is -2.23. The summed E-state index contributed by atoms with van der Waals surface area (Å²) in [6, 6.07) is 10.5. The molecule has 2 aromatic rings. The van der Waals surface area contributed by atoms with Gasteiger partial charge >= 0.3 is 0 Å². The summed E-state index contributed by atoms with van der Waals surface area (Å²) in [7, 11) is -4.20. The summed E-state index contributed by atoms with van der Waals surface area (Å²) >= 11 is 3.19. The molecule has 0 spiro atoms. The lowest BCUT2D eigenvalue weighted by molar-refractivity contribution is -0.384. The average Bonchev–Trinajstić information content (AvgIpc) is 2.59. The van der Waals surface area contributed by atoms with Crippen molar-refractivity contribution in [3.63, 3.8) is 0 Å². The van der Waals surface area contributed by atoms with E-state index < -0.39 is 27.4 Å². The first-order valence-electron chi connectivity index (χ1n) is 6.71. The van der Waals surface area contributed by atoms with Crippen molar-refractivity contribution >= 4 is 43.2 Å². The van der Waals surface area contributed by atoms with Crippen LogP contribution in [-0.4, -0.2) is 31.0 Å². The van der Waals surface area contributed by atoms with Gasteiger partial charge in [0.05, 0.1) is 15.5 Å². The van der Waals surface area contributed by atoms with E-state index in [1.165, 1.54) is 47.9 Å². The summed E-state index contributed by atoms with van der Waals surface area (Å²) in [5.74, 6) is -0.993. The summed E-state index contributed by atoms with van der Waals surface area (Å²) < 4.78 is 27.0. The first kappa shape index (κ1) is 18.8. The molecule has 0 aliphatic heterocycles. The van der Waals surface area contributed by atoms with E-state index in [1.54, 1.807) is 0 Å². The van der Waals surface area contributed by atoms with Gasteiger partial charge in [-0.1, -0.05) is 22.0 Å². The fraction of sp³-hybridized carbons (Fsp3) is 0.0714. The number of rotatable bonds is 6. The minimum Gasteiger partial charge on any atom is -0.289 e. The van der Waals surface area contributed by atoms with Crippen molar-refractivity contribution in [3.8, 4) is 0 Å². The predicted molar refractivity (Wildman–Crippen MR) is 91.7 cm³/mol. The van der Waals surface area contributed by atoms with Gasteiger partial charge in [-0.15, -0.1) is 0 Å². The lowest BCUT2D eigenvalue weighted by Crippen LogP contribution is -2.40. The monoisotopic (exact) mass is 429 g/mol. The van der Waals surface area contributed by atoms with Crippen molar-refractivity contribution in [1.29, 1.82) is 0 Å². The third kappa shape index (κ3) is 4.32. The van der Waals surface area contributed by atoms with Gasteiger partial charge in [0.2, 0.25) is 0 Å². The van der Waals surface area contributed by atoms with Gasteiger partial charge in [0.1, 0.15) is 6.54 Å². The number of sulfonamides is 1. The number of hydrogen-bond donors (Lipinski definition) is 2. The Labute approximate surface area is 151 Å². The second kappa shape index (κ2) is 7.59. The van der Waals surface area contributed by atoms with E-state index >= 15 is 0 Å². The van der Waals surface area contributed by atoms with Gasteiger partial charge in [-0.25, -0.2) is 13.9 Å². The van der Waals surface area contributed by atoms with Gasteiger partial charge in [-0.05, 0) is 30.3 Å². The zero-order chi connectivity index (χ0) is 18.6. The molecule has 0 saturated carbocycles. The smallest absolute Gasteiger partial charge is 0.271 e. The van der Waals surface area contributed by atoms with E-state index in [9.17, 15) is 23.3 Å². The zero-order valence-corrected chi connectivity index (χ0v) is 14.9. The summed E-state index contributed by atoms with van der Waals surface area (Å²) in [6.45, 7) is -0.754. The third-order valence-corrected chi connectivity index (χ3v) is 5.46. The van der Waals surface area contributed by atoms with Gasteiger partial charge in [0, 0.05) is 16.6 Å². The van der Waals surface area contributed by atoms with Gasteiger partial charge in [-0.3, -0.25) is 24.4 Å². The standard InChI is InChI=1S/C14H12BrN3O6S/c15-10-4-6-13(7-5-10)25(23,24)17(9-14(19)16-20)11-2-1-3-12(8-11)18(21)22/h1-8,20H,9H2,(H,16,19). The molecule has 0 bridgehead atoms. The molecular formula is C14H12BrN3O6S. The van der Waals surface area contributed by atoms with Crippen molar-refractivity contribution in [1.82, 2.24) is 5.48 Å². The van der Waals surface area contributed by atoms with Crippen LogP contribution in [0.4, 0.5) is 11.4 Å². The molecule has 2 rings (SSSR count). The van der Waals surface area contributed by atoms with E-state index in [0.29, 0.717) is 8.78 Å². The number of carbonyl (C=O) groups excluding carboxylic acids is 1. The van der Waals surface area contributed by atoms with Crippen LogP contribution in [0.3, 0.4) is 0 Å². The van der Waals surface area contributed by atoms with Gasteiger partial charge < -0.3 is 0 Å². The minimum absolute atomic E-state index is 0.0827. The fourth-order valence-electron chi connectivity index (χ4n) is 1.98. The van der Waals surface area contributed by atoms with Crippen molar-refractivity contribution in [2.75, 3.05) is 10.8 Å². The van der Waals surface area contributed by atoms with E-state index in [1.807, 2.05) is 0 Å². The molecule has 25 heavy (non-hydrogen) atoms. The largest absolute Gasteiger partial charge is 0.289 e. The van der Waals surface area contributed by atoms with Gasteiger partial charge in [0.15, 0.2) is 0 Å². The van der Waals surface area contributed by atoms with Crippen LogP contribution in [-0.2, 0) is 14.8 Å². The SMILES string of the molecule is O=C(CN(c1cccc([N+](=O)[O-])c1)S(=O)(=O)c1ccc(Br)cc1)NO. The predicted octanol–water partition coefficient (Wildman–Crippen LogP) is 2.06. The maximum absolute atomic E-state index is 12.9. The van der Waals surface area contributed by atoms with Crippen LogP contribution in [0.25, 0.3) is 0 Å². The Balaban J connectivity index is 2.56.